The van der Waals surface area contributed by atoms with Crippen molar-refractivity contribution in [2.75, 3.05) is 11.9 Å². The quantitative estimate of drug-likeness (QED) is 0.620. The molecule has 2 N–H and O–H groups in total. The third-order valence-electron chi connectivity index (χ3n) is 5.33. The Morgan fingerprint density at radius 2 is 1.85 bits per heavy atom. The summed E-state index contributed by atoms with van der Waals surface area (Å²) >= 11 is 0. The highest BCUT2D eigenvalue weighted by Crippen LogP contribution is 2.36. The highest BCUT2D eigenvalue weighted by Gasteiger charge is 2.52. The molecule has 1 heterocycles. The van der Waals surface area contributed by atoms with Crippen LogP contribution in [0.15, 0.2) is 12.1 Å². The number of halogens is 3. The van der Waals surface area contributed by atoms with Crippen LogP contribution in [0.25, 0.3) is 0 Å². The highest BCUT2D eigenvalue weighted by atomic mass is 19.2. The van der Waals surface area contributed by atoms with Gasteiger partial charge < -0.3 is 10.6 Å². The van der Waals surface area contributed by atoms with Gasteiger partial charge in [0.1, 0.15) is 12.1 Å². The van der Waals surface area contributed by atoms with Gasteiger partial charge in [0, 0.05) is 0 Å². The van der Waals surface area contributed by atoms with E-state index in [1.807, 2.05) is 0 Å². The Morgan fingerprint density at radius 1 is 1.19 bits per heavy atom. The van der Waals surface area contributed by atoms with E-state index >= 15 is 0 Å². The van der Waals surface area contributed by atoms with E-state index in [1.165, 1.54) is 0 Å². The second kappa shape index (κ2) is 7.21. The maximum absolute atomic E-state index is 13.7. The molecule has 0 spiro atoms. The van der Waals surface area contributed by atoms with E-state index in [2.05, 4.69) is 10.6 Å². The zero-order valence-electron chi connectivity index (χ0n) is 14.8. The lowest BCUT2D eigenvalue weighted by molar-refractivity contribution is -0.135. The maximum atomic E-state index is 13.7. The number of nitrogens with one attached hydrogen (secondary N) is 2. The second-order valence-electron chi connectivity index (χ2n) is 7.13. The molecule has 0 unspecified atom stereocenters. The summed E-state index contributed by atoms with van der Waals surface area (Å²) in [5.41, 5.74) is -1.65. The van der Waals surface area contributed by atoms with Crippen LogP contribution in [0.2, 0.25) is 0 Å². The molecule has 1 atom stereocenters. The number of carbonyl (C=O) groups excluding carboxylic acids is 3. The molecule has 3 rings (SSSR count). The van der Waals surface area contributed by atoms with Crippen molar-refractivity contribution in [3.05, 3.63) is 29.6 Å². The predicted molar refractivity (Wildman–Crippen MR) is 90.2 cm³/mol. The van der Waals surface area contributed by atoms with Crippen molar-refractivity contribution in [2.45, 2.75) is 44.6 Å². The first kappa shape index (κ1) is 19.2. The van der Waals surface area contributed by atoms with Gasteiger partial charge in [0.2, 0.25) is 5.91 Å². The molecule has 1 aliphatic heterocycles. The van der Waals surface area contributed by atoms with Crippen molar-refractivity contribution in [2.24, 2.45) is 5.92 Å². The van der Waals surface area contributed by atoms with E-state index in [0.29, 0.717) is 6.07 Å². The molecule has 2 fully saturated rings. The molecule has 4 amide bonds. The largest absolute Gasteiger partial charge is 0.325 e. The number of urea groups is 1. The van der Waals surface area contributed by atoms with Crippen LogP contribution in [-0.2, 0) is 9.59 Å². The van der Waals surface area contributed by atoms with Crippen molar-refractivity contribution in [1.29, 1.82) is 0 Å². The van der Waals surface area contributed by atoms with Gasteiger partial charge in [-0.25, -0.2) is 18.0 Å². The number of hydrogen-bond donors (Lipinski definition) is 2. The first-order chi connectivity index (χ1) is 12.7. The first-order valence-corrected chi connectivity index (χ1v) is 8.81. The Morgan fingerprint density at radius 3 is 2.52 bits per heavy atom. The second-order valence-corrected chi connectivity index (χ2v) is 7.13. The van der Waals surface area contributed by atoms with Crippen LogP contribution in [0.3, 0.4) is 0 Å². The third-order valence-corrected chi connectivity index (χ3v) is 5.33. The highest BCUT2D eigenvalue weighted by molar-refractivity contribution is 6.10. The van der Waals surface area contributed by atoms with Gasteiger partial charge >= 0.3 is 6.03 Å². The van der Waals surface area contributed by atoms with Gasteiger partial charge in [0.05, 0.1) is 5.69 Å². The zero-order chi connectivity index (χ0) is 19.8. The summed E-state index contributed by atoms with van der Waals surface area (Å²) < 4.78 is 39.9. The number of hydrogen-bond acceptors (Lipinski definition) is 3. The summed E-state index contributed by atoms with van der Waals surface area (Å²) in [6, 6.07) is 0.833. The fourth-order valence-electron chi connectivity index (χ4n) is 3.77. The van der Waals surface area contributed by atoms with Crippen molar-refractivity contribution in [3.8, 4) is 0 Å². The molecule has 0 aromatic heterocycles. The molecular weight excluding hydrogens is 363 g/mol. The average Bonchev–Trinajstić information content (AvgIpc) is 2.87. The summed E-state index contributed by atoms with van der Waals surface area (Å²) in [5.74, 6) is -6.07. The van der Waals surface area contributed by atoms with Gasteiger partial charge in [0.15, 0.2) is 17.5 Å². The number of nitrogens with zero attached hydrogens (tertiary/aromatic N) is 1. The summed E-state index contributed by atoms with van der Waals surface area (Å²) in [6.45, 7) is 1.00. The van der Waals surface area contributed by atoms with Crippen molar-refractivity contribution < 1.29 is 27.6 Å². The van der Waals surface area contributed by atoms with Crippen LogP contribution in [0.4, 0.5) is 23.7 Å². The lowest BCUT2D eigenvalue weighted by Gasteiger charge is -2.34. The van der Waals surface area contributed by atoms with Crippen LogP contribution in [-0.4, -0.2) is 34.8 Å². The van der Waals surface area contributed by atoms with Gasteiger partial charge in [-0.05, 0) is 37.8 Å². The van der Waals surface area contributed by atoms with Crippen LogP contribution < -0.4 is 10.6 Å². The van der Waals surface area contributed by atoms with Crippen LogP contribution in [0, 0.1) is 23.4 Å². The van der Waals surface area contributed by atoms with Crippen molar-refractivity contribution >= 4 is 23.5 Å². The summed E-state index contributed by atoms with van der Waals surface area (Å²) in [7, 11) is 0. The molecule has 9 heteroatoms. The summed E-state index contributed by atoms with van der Waals surface area (Å²) in [6.07, 6.45) is 4.64. The Balaban J connectivity index is 1.70. The average molecular weight is 383 g/mol. The Hall–Kier alpha value is -2.58. The number of imide groups is 1. The molecular formula is C18H20F3N3O3. The summed E-state index contributed by atoms with van der Waals surface area (Å²) in [4.78, 5) is 37.9. The van der Waals surface area contributed by atoms with Crippen molar-refractivity contribution in [1.82, 2.24) is 10.2 Å². The lowest BCUT2D eigenvalue weighted by atomic mass is 9.75. The molecule has 2 aliphatic rings. The van der Waals surface area contributed by atoms with E-state index in [0.717, 1.165) is 43.1 Å². The Kier molecular flexibility index (Phi) is 5.12. The lowest BCUT2D eigenvalue weighted by Crippen LogP contribution is -2.51. The van der Waals surface area contributed by atoms with E-state index in [1.54, 1.807) is 6.92 Å². The van der Waals surface area contributed by atoms with Gasteiger partial charge in [-0.2, -0.15) is 0 Å². The first-order valence-electron chi connectivity index (χ1n) is 8.81. The maximum Gasteiger partial charge on any atom is 0.325 e. The van der Waals surface area contributed by atoms with Crippen molar-refractivity contribution in [3.63, 3.8) is 0 Å². The number of benzene rings is 1. The molecule has 1 saturated heterocycles. The Labute approximate surface area is 154 Å². The fourth-order valence-corrected chi connectivity index (χ4v) is 3.77. The van der Waals surface area contributed by atoms with E-state index < -0.39 is 53.1 Å². The van der Waals surface area contributed by atoms with Crippen LogP contribution in [0.1, 0.15) is 39.0 Å². The predicted octanol–water partition coefficient (Wildman–Crippen LogP) is 2.93. The standard InChI is InChI=1S/C18H20F3N3O3/c1-18(10-5-3-2-4-6-10)16(26)24(17(27)23-18)9-13(25)22-12-8-7-11(19)14(20)15(12)21/h7-8,10H,2-6,9H2,1H3,(H,22,25)(H,23,27)/t18-/m1/s1. The van der Waals surface area contributed by atoms with Gasteiger partial charge in [-0.15, -0.1) is 0 Å². The minimum Gasteiger partial charge on any atom is -0.323 e. The zero-order valence-corrected chi connectivity index (χ0v) is 14.8. The monoisotopic (exact) mass is 383 g/mol. The normalized spacial score (nSPS) is 23.5. The topological polar surface area (TPSA) is 78.5 Å². The SMILES string of the molecule is C[C@]1(C2CCCCC2)NC(=O)N(CC(=O)Nc2ccc(F)c(F)c2F)C1=O. The smallest absolute Gasteiger partial charge is 0.323 e. The molecule has 0 radical (unpaired) electrons. The molecule has 27 heavy (non-hydrogen) atoms. The summed E-state index contributed by atoms with van der Waals surface area (Å²) in [5, 5.41) is 4.73. The molecule has 1 aromatic carbocycles. The molecule has 6 nitrogen and oxygen atoms in total. The van der Waals surface area contributed by atoms with Gasteiger partial charge in [0.25, 0.3) is 5.91 Å². The number of anilines is 1. The number of amides is 4. The molecule has 146 valence electrons. The minimum atomic E-state index is -1.72. The van der Waals surface area contributed by atoms with Crippen LogP contribution >= 0.6 is 0 Å². The number of rotatable bonds is 4. The van der Waals surface area contributed by atoms with E-state index in [-0.39, 0.29) is 5.92 Å². The van der Waals surface area contributed by atoms with Crippen LogP contribution in [0.5, 0.6) is 0 Å². The molecule has 1 saturated carbocycles. The van der Waals surface area contributed by atoms with Gasteiger partial charge in [-0.1, -0.05) is 19.3 Å². The minimum absolute atomic E-state index is 0.0144. The molecule has 1 aromatic rings. The number of carbonyl (C=O) groups is 3. The Bertz CT molecular complexity index is 796. The molecule has 0 bridgehead atoms. The fraction of sp³-hybridized carbons (Fsp3) is 0.500. The third kappa shape index (κ3) is 3.50. The van der Waals surface area contributed by atoms with E-state index in [9.17, 15) is 27.6 Å². The van der Waals surface area contributed by atoms with E-state index in [4.69, 9.17) is 0 Å². The van der Waals surface area contributed by atoms with Gasteiger partial charge in [-0.3, -0.25) is 14.5 Å². The molecule has 1 aliphatic carbocycles.